The summed E-state index contributed by atoms with van der Waals surface area (Å²) in [6, 6.07) is 11.7. The van der Waals surface area contributed by atoms with Crippen molar-refractivity contribution in [3.05, 3.63) is 59.2 Å². The van der Waals surface area contributed by atoms with Gasteiger partial charge in [-0.15, -0.1) is 0 Å². The lowest BCUT2D eigenvalue weighted by Gasteiger charge is -2.33. The van der Waals surface area contributed by atoms with Crippen LogP contribution in [0.3, 0.4) is 0 Å². The molecule has 0 spiro atoms. The second kappa shape index (κ2) is 11.9. The summed E-state index contributed by atoms with van der Waals surface area (Å²) in [7, 11) is -2.20. The number of anilines is 1. The van der Waals surface area contributed by atoms with E-state index in [2.05, 4.69) is 5.32 Å². The Morgan fingerprint density at radius 1 is 1.06 bits per heavy atom. The summed E-state index contributed by atoms with van der Waals surface area (Å²) < 4.78 is 31.7. The first kappa shape index (κ1) is 27.2. The smallest absolute Gasteiger partial charge is 0.244 e. The number of amides is 2. The predicted octanol–water partition coefficient (Wildman–Crippen LogP) is 3.02. The highest BCUT2D eigenvalue weighted by Gasteiger charge is 2.31. The van der Waals surface area contributed by atoms with Crippen LogP contribution in [0, 0.1) is 13.8 Å². The minimum atomic E-state index is -3.76. The van der Waals surface area contributed by atoms with Gasteiger partial charge >= 0.3 is 0 Å². The van der Waals surface area contributed by atoms with Gasteiger partial charge in [0.05, 0.1) is 19.1 Å². The molecule has 186 valence electrons. The molecule has 2 aromatic rings. The number of sulfonamides is 1. The van der Waals surface area contributed by atoms with E-state index in [-0.39, 0.29) is 12.5 Å². The number of hydrogen-bond donors (Lipinski definition) is 1. The van der Waals surface area contributed by atoms with Crippen molar-refractivity contribution in [1.82, 2.24) is 10.2 Å². The summed E-state index contributed by atoms with van der Waals surface area (Å²) in [6.07, 6.45) is 1.45. The summed E-state index contributed by atoms with van der Waals surface area (Å²) in [5.41, 5.74) is 3.12. The average molecular weight is 490 g/mol. The van der Waals surface area contributed by atoms with Crippen molar-refractivity contribution in [2.24, 2.45) is 0 Å². The maximum atomic E-state index is 13.6. The lowest BCUT2D eigenvalue weighted by Crippen LogP contribution is -2.52. The summed E-state index contributed by atoms with van der Waals surface area (Å²) in [6.45, 7) is 7.60. The van der Waals surface area contributed by atoms with Gasteiger partial charge in [-0.2, -0.15) is 0 Å². The van der Waals surface area contributed by atoms with Crippen molar-refractivity contribution >= 4 is 27.5 Å². The molecule has 0 aromatic heterocycles. The van der Waals surface area contributed by atoms with Gasteiger partial charge in [0, 0.05) is 13.1 Å². The van der Waals surface area contributed by atoms with Gasteiger partial charge in [0.25, 0.3) is 0 Å². The van der Waals surface area contributed by atoms with Gasteiger partial charge in [0.15, 0.2) is 0 Å². The summed E-state index contributed by atoms with van der Waals surface area (Å²) in [5, 5.41) is 2.78. The third kappa shape index (κ3) is 6.96. The number of carbonyl (C=O) groups is 2. The maximum absolute atomic E-state index is 13.6. The highest BCUT2D eigenvalue weighted by Crippen LogP contribution is 2.23. The topological polar surface area (TPSA) is 96.0 Å². The fraction of sp³-hybridized carbons (Fsp3) is 0.440. The monoisotopic (exact) mass is 489 g/mol. The molecule has 0 fully saturated rings. The number of carbonyl (C=O) groups excluding carboxylic acids is 2. The van der Waals surface area contributed by atoms with Crippen molar-refractivity contribution in [3.63, 3.8) is 0 Å². The summed E-state index contributed by atoms with van der Waals surface area (Å²) in [5.74, 6) is -0.119. The van der Waals surface area contributed by atoms with Gasteiger partial charge in [0.2, 0.25) is 21.8 Å². The van der Waals surface area contributed by atoms with Crippen molar-refractivity contribution in [1.29, 1.82) is 0 Å². The molecule has 0 aliphatic rings. The van der Waals surface area contributed by atoms with Gasteiger partial charge in [-0.3, -0.25) is 13.9 Å². The van der Waals surface area contributed by atoms with E-state index in [9.17, 15) is 18.0 Å². The molecular weight excluding hydrogens is 454 g/mol. The number of benzene rings is 2. The molecular formula is C25H35N3O5S. The Hall–Kier alpha value is -3.07. The molecule has 0 heterocycles. The van der Waals surface area contributed by atoms with Crippen LogP contribution < -0.4 is 14.4 Å². The number of nitrogens with zero attached hydrogens (tertiary/aromatic N) is 2. The lowest BCUT2D eigenvalue weighted by molar-refractivity contribution is -0.140. The fourth-order valence-electron chi connectivity index (χ4n) is 3.67. The highest BCUT2D eigenvalue weighted by molar-refractivity contribution is 7.92. The highest BCUT2D eigenvalue weighted by atomic mass is 32.2. The molecule has 2 rings (SSSR count). The Kier molecular flexibility index (Phi) is 9.49. The molecule has 1 atom stereocenters. The molecule has 0 aliphatic carbocycles. The second-order valence-electron chi connectivity index (χ2n) is 8.23. The average Bonchev–Trinajstić information content (AvgIpc) is 2.78. The maximum Gasteiger partial charge on any atom is 0.244 e. The predicted molar refractivity (Wildman–Crippen MR) is 134 cm³/mol. The van der Waals surface area contributed by atoms with Gasteiger partial charge in [-0.05, 0) is 68.1 Å². The molecule has 0 saturated carbocycles. The van der Waals surface area contributed by atoms with E-state index in [4.69, 9.17) is 4.74 Å². The fourth-order valence-corrected chi connectivity index (χ4v) is 4.51. The van der Waals surface area contributed by atoms with E-state index >= 15 is 0 Å². The largest absolute Gasteiger partial charge is 0.497 e. The number of rotatable bonds is 11. The van der Waals surface area contributed by atoms with Crippen molar-refractivity contribution in [2.45, 2.75) is 46.7 Å². The quantitative estimate of drug-likeness (QED) is 0.523. The van der Waals surface area contributed by atoms with Crippen molar-refractivity contribution in [2.75, 3.05) is 30.8 Å². The minimum Gasteiger partial charge on any atom is -0.497 e. The standard InChI is InChI=1S/C25H35N3O5S/c1-7-23(25(30)26-8-2)27(16-20-10-9-11-22(15-20)33-5)24(29)17-28(34(6,31)32)21-13-12-18(3)19(4)14-21/h9-15,23H,7-8,16-17H2,1-6H3,(H,26,30)/t23-/m1/s1. The van der Waals surface area contributed by atoms with Crippen LogP contribution in [0.1, 0.15) is 37.0 Å². The minimum absolute atomic E-state index is 0.135. The number of nitrogens with one attached hydrogen (secondary N) is 1. The third-order valence-corrected chi connectivity index (χ3v) is 6.82. The molecule has 1 N–H and O–H groups in total. The number of aryl methyl sites for hydroxylation is 2. The Morgan fingerprint density at radius 2 is 1.76 bits per heavy atom. The molecule has 0 bridgehead atoms. The van der Waals surface area contributed by atoms with Crippen LogP contribution in [0.15, 0.2) is 42.5 Å². The number of likely N-dealkylation sites (N-methyl/N-ethyl adjacent to an activating group) is 1. The molecule has 0 aliphatic heterocycles. The van der Waals surface area contributed by atoms with Crippen LogP contribution in [0.2, 0.25) is 0 Å². The van der Waals surface area contributed by atoms with Crippen LogP contribution in [-0.2, 0) is 26.2 Å². The Bertz CT molecular complexity index is 1120. The van der Waals surface area contributed by atoms with E-state index in [1.165, 1.54) is 4.90 Å². The Labute approximate surface area is 202 Å². The first-order chi connectivity index (χ1) is 16.0. The number of methoxy groups -OCH3 is 1. The van der Waals surface area contributed by atoms with E-state index in [1.54, 1.807) is 31.4 Å². The first-order valence-corrected chi connectivity index (χ1v) is 13.1. The SMILES string of the molecule is CCNC(=O)[C@@H](CC)N(Cc1cccc(OC)c1)C(=O)CN(c1ccc(C)c(C)c1)S(C)(=O)=O. The van der Waals surface area contributed by atoms with Crippen molar-refractivity contribution in [3.8, 4) is 5.75 Å². The van der Waals surface area contributed by atoms with E-state index < -0.39 is 28.5 Å². The van der Waals surface area contributed by atoms with Gasteiger partial charge in [0.1, 0.15) is 18.3 Å². The molecule has 2 aromatic carbocycles. The molecule has 2 amide bonds. The summed E-state index contributed by atoms with van der Waals surface area (Å²) in [4.78, 5) is 27.9. The van der Waals surface area contributed by atoms with Crippen molar-refractivity contribution < 1.29 is 22.7 Å². The van der Waals surface area contributed by atoms with Crippen LogP contribution >= 0.6 is 0 Å². The first-order valence-electron chi connectivity index (χ1n) is 11.3. The van der Waals surface area contributed by atoms with Gasteiger partial charge in [-0.25, -0.2) is 8.42 Å². The normalized spacial score (nSPS) is 12.1. The van der Waals surface area contributed by atoms with Gasteiger partial charge in [-0.1, -0.05) is 25.1 Å². The van der Waals surface area contributed by atoms with Crippen LogP contribution in [0.25, 0.3) is 0 Å². The van der Waals surface area contributed by atoms with Crippen LogP contribution in [0.5, 0.6) is 5.75 Å². The Morgan fingerprint density at radius 3 is 2.32 bits per heavy atom. The van der Waals surface area contributed by atoms with Crippen LogP contribution in [-0.4, -0.2) is 57.6 Å². The zero-order valence-electron chi connectivity index (χ0n) is 20.8. The molecule has 8 nitrogen and oxygen atoms in total. The molecule has 0 saturated heterocycles. The van der Waals surface area contributed by atoms with Crippen LogP contribution in [0.4, 0.5) is 5.69 Å². The molecule has 9 heteroatoms. The van der Waals surface area contributed by atoms with E-state index in [0.29, 0.717) is 24.4 Å². The third-order valence-electron chi connectivity index (χ3n) is 5.68. The Balaban J connectivity index is 2.46. The zero-order chi connectivity index (χ0) is 25.5. The lowest BCUT2D eigenvalue weighted by atomic mass is 10.1. The number of hydrogen-bond acceptors (Lipinski definition) is 5. The van der Waals surface area contributed by atoms with E-state index in [1.807, 2.05) is 45.9 Å². The molecule has 0 radical (unpaired) electrons. The van der Waals surface area contributed by atoms with E-state index in [0.717, 1.165) is 27.3 Å². The molecule has 34 heavy (non-hydrogen) atoms. The summed E-state index contributed by atoms with van der Waals surface area (Å²) >= 11 is 0. The number of ether oxygens (including phenoxy) is 1. The zero-order valence-corrected chi connectivity index (χ0v) is 21.6. The van der Waals surface area contributed by atoms with Gasteiger partial charge < -0.3 is 15.0 Å². The molecule has 0 unspecified atom stereocenters. The second-order valence-corrected chi connectivity index (χ2v) is 10.1.